The molecule has 40 heavy (non-hydrogen) atoms. The largest absolute Gasteiger partial charge is 0.497 e. The summed E-state index contributed by atoms with van der Waals surface area (Å²) in [5.74, 6) is -0.188. The number of hydrogen-bond acceptors (Lipinski definition) is 5. The van der Waals surface area contributed by atoms with E-state index in [0.29, 0.717) is 17.9 Å². The molecule has 0 saturated heterocycles. The summed E-state index contributed by atoms with van der Waals surface area (Å²) in [6, 6.07) is 21.3. The number of sulfonamides is 1. The van der Waals surface area contributed by atoms with Crippen LogP contribution in [0.1, 0.15) is 44.7 Å². The van der Waals surface area contributed by atoms with Crippen molar-refractivity contribution in [2.75, 3.05) is 18.0 Å². The van der Waals surface area contributed by atoms with E-state index in [2.05, 4.69) is 5.32 Å². The smallest absolute Gasteiger partial charge is 0.264 e. The van der Waals surface area contributed by atoms with Crippen LogP contribution < -0.4 is 14.4 Å². The highest BCUT2D eigenvalue weighted by Gasteiger charge is 2.34. The molecule has 0 fully saturated rings. The Balaban J connectivity index is 2.06. The molecule has 0 aliphatic rings. The lowest BCUT2D eigenvalue weighted by molar-refractivity contribution is -0.140. The van der Waals surface area contributed by atoms with E-state index in [1.54, 1.807) is 42.5 Å². The van der Waals surface area contributed by atoms with Crippen LogP contribution in [0.25, 0.3) is 0 Å². The average molecular weight is 566 g/mol. The van der Waals surface area contributed by atoms with E-state index < -0.39 is 28.5 Å². The maximum Gasteiger partial charge on any atom is 0.264 e. The van der Waals surface area contributed by atoms with Gasteiger partial charge in [0.25, 0.3) is 10.0 Å². The number of nitrogens with zero attached hydrogens (tertiary/aromatic N) is 2. The fourth-order valence-electron chi connectivity index (χ4n) is 4.33. The first-order chi connectivity index (χ1) is 19.1. The third kappa shape index (κ3) is 7.41. The Morgan fingerprint density at radius 3 is 2.10 bits per heavy atom. The van der Waals surface area contributed by atoms with E-state index in [-0.39, 0.29) is 23.4 Å². The predicted octanol–water partition coefficient (Wildman–Crippen LogP) is 4.92. The van der Waals surface area contributed by atoms with Gasteiger partial charge in [0.15, 0.2) is 0 Å². The zero-order chi connectivity index (χ0) is 29.3. The standard InChI is InChI=1S/C31H39N3O5S/c1-6-24(4)32-31(36)29(7-2)33(21-25-14-12-11-13-23(25)3)30(35)22-34(26-17-19-27(39-5)20-18-26)40(37,38)28-15-9-8-10-16-28/h8-20,24,29H,6-7,21-22H2,1-5H3,(H,32,36)/t24-,29+/m0/s1. The van der Waals surface area contributed by atoms with Gasteiger partial charge in [0.1, 0.15) is 18.3 Å². The van der Waals surface area contributed by atoms with Crippen molar-refractivity contribution in [1.29, 1.82) is 0 Å². The summed E-state index contributed by atoms with van der Waals surface area (Å²) in [7, 11) is -2.59. The zero-order valence-electron chi connectivity index (χ0n) is 23.8. The molecule has 0 radical (unpaired) electrons. The number of benzene rings is 3. The minimum absolute atomic E-state index is 0.0608. The third-order valence-electron chi connectivity index (χ3n) is 6.96. The molecule has 2 amide bonds. The maximum atomic E-state index is 14.1. The molecule has 0 aromatic heterocycles. The van der Waals surface area contributed by atoms with Crippen LogP contribution in [0.2, 0.25) is 0 Å². The van der Waals surface area contributed by atoms with Gasteiger partial charge in [0, 0.05) is 12.6 Å². The Bertz CT molecular complexity index is 1380. The van der Waals surface area contributed by atoms with Gasteiger partial charge in [-0.15, -0.1) is 0 Å². The molecule has 0 spiro atoms. The first-order valence-corrected chi connectivity index (χ1v) is 14.9. The van der Waals surface area contributed by atoms with E-state index in [0.717, 1.165) is 21.9 Å². The summed E-state index contributed by atoms with van der Waals surface area (Å²) in [5, 5.41) is 2.99. The van der Waals surface area contributed by atoms with Crippen LogP contribution in [-0.2, 0) is 26.2 Å². The number of ether oxygens (including phenoxy) is 1. The molecule has 214 valence electrons. The number of carbonyl (C=O) groups is 2. The number of nitrogens with one attached hydrogen (secondary N) is 1. The van der Waals surface area contributed by atoms with Crippen molar-refractivity contribution < 1.29 is 22.7 Å². The van der Waals surface area contributed by atoms with Crippen LogP contribution in [-0.4, -0.2) is 50.9 Å². The summed E-state index contributed by atoms with van der Waals surface area (Å²) in [5.41, 5.74) is 2.17. The molecule has 0 aliphatic carbocycles. The highest BCUT2D eigenvalue weighted by atomic mass is 32.2. The van der Waals surface area contributed by atoms with Crippen molar-refractivity contribution in [2.45, 2.75) is 64.1 Å². The summed E-state index contributed by atoms with van der Waals surface area (Å²) in [6.07, 6.45) is 1.11. The number of amides is 2. The number of anilines is 1. The molecule has 0 bridgehead atoms. The second kappa shape index (κ2) is 14.0. The van der Waals surface area contributed by atoms with Crippen LogP contribution in [0.5, 0.6) is 5.75 Å². The minimum atomic E-state index is -4.11. The topological polar surface area (TPSA) is 96.0 Å². The van der Waals surface area contributed by atoms with Crippen LogP contribution in [0.3, 0.4) is 0 Å². The van der Waals surface area contributed by atoms with Gasteiger partial charge in [0.05, 0.1) is 17.7 Å². The highest BCUT2D eigenvalue weighted by molar-refractivity contribution is 7.92. The number of aryl methyl sites for hydroxylation is 1. The molecule has 0 heterocycles. The van der Waals surface area contributed by atoms with Gasteiger partial charge in [-0.25, -0.2) is 8.42 Å². The Labute approximate surface area is 238 Å². The van der Waals surface area contributed by atoms with E-state index in [1.807, 2.05) is 52.0 Å². The van der Waals surface area contributed by atoms with Crippen molar-refractivity contribution >= 4 is 27.5 Å². The highest BCUT2D eigenvalue weighted by Crippen LogP contribution is 2.27. The van der Waals surface area contributed by atoms with Gasteiger partial charge in [-0.1, -0.05) is 56.3 Å². The van der Waals surface area contributed by atoms with Crippen molar-refractivity contribution in [2.24, 2.45) is 0 Å². The number of rotatable bonds is 13. The molecule has 0 aliphatic heterocycles. The lowest BCUT2D eigenvalue weighted by atomic mass is 10.1. The van der Waals surface area contributed by atoms with Gasteiger partial charge in [-0.3, -0.25) is 13.9 Å². The first-order valence-electron chi connectivity index (χ1n) is 13.5. The molecular weight excluding hydrogens is 526 g/mol. The lowest BCUT2D eigenvalue weighted by Crippen LogP contribution is -2.53. The molecule has 3 aromatic rings. The van der Waals surface area contributed by atoms with Crippen molar-refractivity contribution in [3.05, 3.63) is 90.0 Å². The lowest BCUT2D eigenvalue weighted by Gasteiger charge is -2.34. The first kappa shape index (κ1) is 30.7. The van der Waals surface area contributed by atoms with E-state index in [1.165, 1.54) is 24.1 Å². The van der Waals surface area contributed by atoms with E-state index >= 15 is 0 Å². The summed E-state index contributed by atoms with van der Waals surface area (Å²) >= 11 is 0. The van der Waals surface area contributed by atoms with Crippen LogP contribution in [0, 0.1) is 6.92 Å². The van der Waals surface area contributed by atoms with Crippen LogP contribution >= 0.6 is 0 Å². The minimum Gasteiger partial charge on any atom is -0.497 e. The van der Waals surface area contributed by atoms with Gasteiger partial charge < -0.3 is 15.0 Å². The SMILES string of the molecule is CC[C@H](C(=O)N[C@@H](C)CC)N(Cc1ccccc1C)C(=O)CN(c1ccc(OC)cc1)S(=O)(=O)c1ccccc1. The summed E-state index contributed by atoms with van der Waals surface area (Å²) in [4.78, 5) is 29.0. The summed E-state index contributed by atoms with van der Waals surface area (Å²) < 4.78 is 34.1. The monoisotopic (exact) mass is 565 g/mol. The van der Waals surface area contributed by atoms with E-state index in [4.69, 9.17) is 4.74 Å². The maximum absolute atomic E-state index is 14.1. The van der Waals surface area contributed by atoms with Crippen molar-refractivity contribution in [3.63, 3.8) is 0 Å². The zero-order valence-corrected chi connectivity index (χ0v) is 24.6. The number of methoxy groups -OCH3 is 1. The van der Waals surface area contributed by atoms with Gasteiger partial charge >= 0.3 is 0 Å². The molecule has 3 aromatic carbocycles. The second-order valence-corrected chi connectivity index (χ2v) is 11.6. The number of carbonyl (C=O) groups excluding carboxylic acids is 2. The van der Waals surface area contributed by atoms with Crippen LogP contribution in [0.4, 0.5) is 5.69 Å². The molecule has 0 unspecified atom stereocenters. The molecule has 3 rings (SSSR count). The average Bonchev–Trinajstić information content (AvgIpc) is 2.97. The van der Waals surface area contributed by atoms with Gasteiger partial charge in [0.2, 0.25) is 11.8 Å². The third-order valence-corrected chi connectivity index (χ3v) is 8.75. The van der Waals surface area contributed by atoms with Gasteiger partial charge in [-0.05, 0) is 74.2 Å². The van der Waals surface area contributed by atoms with Crippen LogP contribution in [0.15, 0.2) is 83.8 Å². The Morgan fingerprint density at radius 2 is 1.52 bits per heavy atom. The normalized spacial score (nSPS) is 12.7. The molecule has 2 atom stereocenters. The fourth-order valence-corrected chi connectivity index (χ4v) is 5.76. The van der Waals surface area contributed by atoms with Gasteiger partial charge in [-0.2, -0.15) is 0 Å². The Hall–Kier alpha value is -3.85. The molecule has 8 nitrogen and oxygen atoms in total. The predicted molar refractivity (Wildman–Crippen MR) is 158 cm³/mol. The summed E-state index contributed by atoms with van der Waals surface area (Å²) in [6.45, 7) is 7.37. The fraction of sp³-hybridized carbons (Fsp3) is 0.355. The van der Waals surface area contributed by atoms with Crippen molar-refractivity contribution in [3.8, 4) is 5.75 Å². The second-order valence-electron chi connectivity index (χ2n) is 9.71. The molecule has 0 saturated carbocycles. The quantitative estimate of drug-likeness (QED) is 0.317. The molecular formula is C31H39N3O5S. The van der Waals surface area contributed by atoms with Crippen molar-refractivity contribution in [1.82, 2.24) is 10.2 Å². The Kier molecular flexibility index (Phi) is 10.7. The number of hydrogen-bond donors (Lipinski definition) is 1. The van der Waals surface area contributed by atoms with E-state index in [9.17, 15) is 18.0 Å². The Morgan fingerprint density at radius 1 is 0.900 bits per heavy atom. The molecule has 9 heteroatoms. The molecule has 1 N–H and O–H groups in total.